The van der Waals surface area contributed by atoms with Crippen molar-refractivity contribution in [2.75, 3.05) is 6.61 Å². The zero-order chi connectivity index (χ0) is 23.6. The zero-order valence-corrected chi connectivity index (χ0v) is 20.3. The van der Waals surface area contributed by atoms with Gasteiger partial charge in [0.05, 0.1) is 6.61 Å². The van der Waals surface area contributed by atoms with Gasteiger partial charge >= 0.3 is 12.1 Å². The fraction of sp³-hybridized carbons (Fsp3) is 0.524. The van der Waals surface area contributed by atoms with E-state index in [1.807, 2.05) is 6.07 Å². The Labute approximate surface area is 202 Å². The van der Waals surface area contributed by atoms with E-state index >= 15 is 0 Å². The summed E-state index contributed by atoms with van der Waals surface area (Å²) in [5, 5.41) is 2.26. The topological polar surface area (TPSA) is 137 Å². The second-order valence-electron chi connectivity index (χ2n) is 7.94. The van der Waals surface area contributed by atoms with E-state index in [9.17, 15) is 19.2 Å². The van der Waals surface area contributed by atoms with Gasteiger partial charge in [-0.05, 0) is 26.3 Å². The van der Waals surface area contributed by atoms with Gasteiger partial charge in [0, 0.05) is 11.7 Å². The molecule has 2 amide bonds. The molecule has 2 fully saturated rings. The number of nitrogens with zero attached hydrogens (tertiary/aromatic N) is 1. The predicted octanol–water partition coefficient (Wildman–Crippen LogP) is 1.72. The molecule has 10 nitrogen and oxygen atoms in total. The van der Waals surface area contributed by atoms with Gasteiger partial charge < -0.3 is 30.2 Å². The largest absolute Gasteiger partial charge is 0.511 e. The SMILES string of the molecule is CCOC(=O)OC(C)OC(=O)[C@@H]1N2C(=O)[C@@H](NC(=O)[C@H](N)c3ccccc3)[C@H]2SC1(C)C.Cl. The van der Waals surface area contributed by atoms with E-state index in [0.717, 1.165) is 0 Å². The van der Waals surface area contributed by atoms with Gasteiger partial charge in [-0.3, -0.25) is 9.59 Å². The summed E-state index contributed by atoms with van der Waals surface area (Å²) in [7, 11) is 0. The van der Waals surface area contributed by atoms with Crippen LogP contribution in [0.5, 0.6) is 0 Å². The lowest BCUT2D eigenvalue weighted by atomic mass is 9.95. The fourth-order valence-electron chi connectivity index (χ4n) is 3.72. The van der Waals surface area contributed by atoms with Crippen molar-refractivity contribution in [3.05, 3.63) is 35.9 Å². The molecule has 0 spiro atoms. The Bertz CT molecular complexity index is 901. The molecule has 182 valence electrons. The molecule has 33 heavy (non-hydrogen) atoms. The summed E-state index contributed by atoms with van der Waals surface area (Å²) in [6, 6.07) is 6.21. The Morgan fingerprint density at radius 2 is 1.85 bits per heavy atom. The molecule has 2 aliphatic heterocycles. The Balaban J connectivity index is 0.00000385. The maximum Gasteiger partial charge on any atom is 0.511 e. The number of thioether (sulfide) groups is 1. The highest BCUT2D eigenvalue weighted by Crippen LogP contribution is 2.51. The Morgan fingerprint density at radius 3 is 2.45 bits per heavy atom. The van der Waals surface area contributed by atoms with E-state index < -0.39 is 58.5 Å². The monoisotopic (exact) mass is 501 g/mol. The Morgan fingerprint density at radius 1 is 1.21 bits per heavy atom. The number of halogens is 1. The van der Waals surface area contributed by atoms with Crippen LogP contribution in [0.2, 0.25) is 0 Å². The molecule has 0 bridgehead atoms. The van der Waals surface area contributed by atoms with Crippen molar-refractivity contribution in [1.29, 1.82) is 0 Å². The van der Waals surface area contributed by atoms with Crippen molar-refractivity contribution in [2.45, 2.75) is 62.2 Å². The van der Waals surface area contributed by atoms with Crippen molar-refractivity contribution >= 4 is 48.1 Å². The second-order valence-corrected chi connectivity index (χ2v) is 9.71. The fourth-order valence-corrected chi connectivity index (χ4v) is 5.34. The van der Waals surface area contributed by atoms with Gasteiger partial charge in [0.2, 0.25) is 18.1 Å². The molecule has 2 saturated heterocycles. The standard InChI is InChI=1S/C21H27N3O7S.ClH/c1-5-29-20(28)31-11(2)30-19(27)15-21(3,4)32-18-14(17(26)24(15)18)23-16(25)13(22)12-9-7-6-8-10-12;/h6-11,13-15,18H,5,22H2,1-4H3,(H,23,25);1H/t11?,13-,14-,15+,18-;/m1./s1. The van der Waals surface area contributed by atoms with Crippen LogP contribution in [0.15, 0.2) is 30.3 Å². The highest BCUT2D eigenvalue weighted by molar-refractivity contribution is 8.01. The summed E-state index contributed by atoms with van der Waals surface area (Å²) < 4.78 is 14.0. The smallest absolute Gasteiger partial charge is 0.435 e. The van der Waals surface area contributed by atoms with Crippen molar-refractivity contribution in [3.8, 4) is 0 Å². The third-order valence-corrected chi connectivity index (χ3v) is 6.78. The summed E-state index contributed by atoms with van der Waals surface area (Å²) in [6.07, 6.45) is -2.14. The number of amides is 2. The molecule has 3 rings (SSSR count). The zero-order valence-electron chi connectivity index (χ0n) is 18.7. The number of rotatable bonds is 7. The van der Waals surface area contributed by atoms with Gasteiger partial charge in [0.25, 0.3) is 0 Å². The van der Waals surface area contributed by atoms with E-state index in [-0.39, 0.29) is 19.0 Å². The first-order valence-corrected chi connectivity index (χ1v) is 11.1. The van der Waals surface area contributed by atoms with E-state index in [1.54, 1.807) is 45.0 Å². The van der Waals surface area contributed by atoms with E-state index in [2.05, 4.69) is 10.1 Å². The van der Waals surface area contributed by atoms with Crippen molar-refractivity contribution < 1.29 is 33.4 Å². The van der Waals surface area contributed by atoms with E-state index in [0.29, 0.717) is 5.56 Å². The quantitative estimate of drug-likeness (QED) is 0.325. The van der Waals surface area contributed by atoms with Crippen molar-refractivity contribution in [2.24, 2.45) is 5.73 Å². The predicted molar refractivity (Wildman–Crippen MR) is 122 cm³/mol. The average molecular weight is 502 g/mol. The van der Waals surface area contributed by atoms with E-state index in [4.69, 9.17) is 15.2 Å². The molecular formula is C21H28ClN3O7S. The number of esters is 1. The number of carbonyl (C=O) groups excluding carboxylic acids is 4. The van der Waals surface area contributed by atoms with Crippen LogP contribution in [0, 0.1) is 0 Å². The highest BCUT2D eigenvalue weighted by atomic mass is 35.5. The van der Waals surface area contributed by atoms with Crippen molar-refractivity contribution in [3.63, 3.8) is 0 Å². The van der Waals surface area contributed by atoms with Crippen LogP contribution in [-0.4, -0.2) is 63.9 Å². The molecular weight excluding hydrogens is 474 g/mol. The molecule has 3 N–H and O–H groups in total. The van der Waals surface area contributed by atoms with Gasteiger partial charge in [-0.25, -0.2) is 9.59 Å². The van der Waals surface area contributed by atoms with Crippen LogP contribution >= 0.6 is 24.2 Å². The van der Waals surface area contributed by atoms with Crippen LogP contribution < -0.4 is 11.1 Å². The van der Waals surface area contributed by atoms with Crippen LogP contribution in [-0.2, 0) is 28.6 Å². The molecule has 2 heterocycles. The lowest BCUT2D eigenvalue weighted by Gasteiger charge is -2.44. The molecule has 2 aliphatic rings. The molecule has 12 heteroatoms. The van der Waals surface area contributed by atoms with Crippen molar-refractivity contribution in [1.82, 2.24) is 10.2 Å². The molecule has 1 unspecified atom stereocenters. The summed E-state index contributed by atoms with van der Waals surface area (Å²) in [5.74, 6) is -1.58. The Hall–Kier alpha value is -2.50. The second kappa shape index (κ2) is 10.6. The third-order valence-electron chi connectivity index (χ3n) is 5.21. The first-order valence-electron chi connectivity index (χ1n) is 10.2. The number of ether oxygens (including phenoxy) is 3. The molecule has 1 aromatic rings. The Kier molecular flexibility index (Phi) is 8.61. The number of fused-ring (bicyclic) bond motifs is 1. The summed E-state index contributed by atoms with van der Waals surface area (Å²) >= 11 is 1.38. The lowest BCUT2D eigenvalue weighted by Crippen LogP contribution is -2.71. The number of β-lactam (4-membered cyclic amide) rings is 1. The lowest BCUT2D eigenvalue weighted by molar-refractivity contribution is -0.180. The summed E-state index contributed by atoms with van der Waals surface area (Å²) in [4.78, 5) is 51.0. The average Bonchev–Trinajstić information content (AvgIpc) is 2.99. The number of nitrogens with one attached hydrogen (secondary N) is 1. The maximum absolute atomic E-state index is 12.8. The summed E-state index contributed by atoms with van der Waals surface area (Å²) in [5.41, 5.74) is 6.65. The first-order chi connectivity index (χ1) is 15.1. The molecule has 0 aliphatic carbocycles. The number of carbonyl (C=O) groups is 4. The molecule has 0 saturated carbocycles. The normalized spacial score (nSPS) is 24.3. The summed E-state index contributed by atoms with van der Waals surface area (Å²) in [6.45, 7) is 6.74. The number of benzene rings is 1. The van der Waals surface area contributed by atoms with Gasteiger partial charge in [0.1, 0.15) is 23.5 Å². The number of nitrogens with two attached hydrogens (primary N) is 1. The highest BCUT2D eigenvalue weighted by Gasteiger charge is 2.64. The minimum absolute atomic E-state index is 0. The minimum atomic E-state index is -1.18. The minimum Gasteiger partial charge on any atom is -0.435 e. The van der Waals surface area contributed by atoms with Gasteiger partial charge in [-0.2, -0.15) is 0 Å². The van der Waals surface area contributed by atoms with Crippen LogP contribution in [0.25, 0.3) is 0 Å². The van der Waals surface area contributed by atoms with E-state index in [1.165, 1.54) is 23.6 Å². The van der Waals surface area contributed by atoms with Crippen LogP contribution in [0.1, 0.15) is 39.3 Å². The molecule has 5 atom stereocenters. The first kappa shape index (κ1) is 26.7. The molecule has 0 radical (unpaired) electrons. The van der Waals surface area contributed by atoms with Gasteiger partial charge in [-0.15, -0.1) is 24.2 Å². The van der Waals surface area contributed by atoms with Gasteiger partial charge in [-0.1, -0.05) is 30.3 Å². The van der Waals surface area contributed by atoms with Gasteiger partial charge in [0.15, 0.2) is 0 Å². The van der Waals surface area contributed by atoms with Crippen LogP contribution in [0.4, 0.5) is 4.79 Å². The molecule has 0 aromatic heterocycles. The number of hydrogen-bond donors (Lipinski definition) is 2. The third kappa shape index (κ3) is 5.53. The number of hydrogen-bond acceptors (Lipinski definition) is 9. The molecule has 1 aromatic carbocycles. The maximum atomic E-state index is 12.8. The van der Waals surface area contributed by atoms with Crippen LogP contribution in [0.3, 0.4) is 0 Å².